The van der Waals surface area contributed by atoms with Crippen molar-refractivity contribution >= 4 is 27.8 Å². The number of para-hydroxylation sites is 2. The SMILES string of the molecule is COc1cccc2c(NCc3ccccc3)nc(-n3c(C)nc4cccc(C)c43)nc12. The molecule has 3 aromatic carbocycles. The van der Waals surface area contributed by atoms with E-state index in [-0.39, 0.29) is 0 Å². The zero-order chi connectivity index (χ0) is 21.4. The predicted octanol–water partition coefficient (Wildman–Crippen LogP) is 5.21. The van der Waals surface area contributed by atoms with Crippen LogP contribution in [0, 0.1) is 13.8 Å². The minimum atomic E-state index is 0.571. The zero-order valence-electron chi connectivity index (χ0n) is 17.8. The number of methoxy groups -OCH3 is 1. The first kappa shape index (κ1) is 19.1. The second-order valence-corrected chi connectivity index (χ2v) is 7.50. The van der Waals surface area contributed by atoms with Crippen molar-refractivity contribution in [1.29, 1.82) is 0 Å². The summed E-state index contributed by atoms with van der Waals surface area (Å²) in [5, 5.41) is 4.41. The van der Waals surface area contributed by atoms with Gasteiger partial charge in [0.15, 0.2) is 0 Å². The smallest absolute Gasteiger partial charge is 0.238 e. The predicted molar refractivity (Wildman–Crippen MR) is 124 cm³/mol. The van der Waals surface area contributed by atoms with Gasteiger partial charge >= 0.3 is 0 Å². The lowest BCUT2D eigenvalue weighted by atomic mass is 10.2. The summed E-state index contributed by atoms with van der Waals surface area (Å²) in [6, 6.07) is 22.3. The van der Waals surface area contributed by atoms with Crippen molar-refractivity contribution < 1.29 is 4.74 Å². The minimum Gasteiger partial charge on any atom is -0.494 e. The fraction of sp³-hybridized carbons (Fsp3) is 0.160. The van der Waals surface area contributed by atoms with Crippen LogP contribution in [0.1, 0.15) is 17.0 Å². The molecular weight excluding hydrogens is 386 g/mol. The number of benzene rings is 3. The molecule has 0 saturated heterocycles. The molecule has 0 atom stereocenters. The van der Waals surface area contributed by atoms with Gasteiger partial charge in [0.1, 0.15) is 22.9 Å². The number of ether oxygens (including phenoxy) is 1. The van der Waals surface area contributed by atoms with Gasteiger partial charge in [-0.05, 0) is 43.2 Å². The van der Waals surface area contributed by atoms with E-state index < -0.39 is 0 Å². The minimum absolute atomic E-state index is 0.571. The first-order valence-corrected chi connectivity index (χ1v) is 10.2. The third-order valence-corrected chi connectivity index (χ3v) is 5.45. The van der Waals surface area contributed by atoms with E-state index >= 15 is 0 Å². The Bertz CT molecular complexity index is 1390. The van der Waals surface area contributed by atoms with E-state index in [9.17, 15) is 0 Å². The van der Waals surface area contributed by atoms with Crippen LogP contribution in [0.5, 0.6) is 5.75 Å². The fourth-order valence-electron chi connectivity index (χ4n) is 3.95. The van der Waals surface area contributed by atoms with E-state index in [0.29, 0.717) is 18.2 Å². The molecule has 0 bridgehead atoms. The number of nitrogens with one attached hydrogen (secondary N) is 1. The topological polar surface area (TPSA) is 64.9 Å². The lowest BCUT2D eigenvalue weighted by molar-refractivity contribution is 0.419. The van der Waals surface area contributed by atoms with Gasteiger partial charge in [0.25, 0.3) is 0 Å². The molecule has 0 saturated carbocycles. The van der Waals surface area contributed by atoms with Crippen LogP contribution in [-0.4, -0.2) is 26.6 Å². The van der Waals surface area contributed by atoms with E-state index in [4.69, 9.17) is 19.7 Å². The van der Waals surface area contributed by atoms with Gasteiger partial charge in [0.2, 0.25) is 5.95 Å². The Morgan fingerprint density at radius 3 is 2.48 bits per heavy atom. The van der Waals surface area contributed by atoms with Crippen LogP contribution in [0.2, 0.25) is 0 Å². The second kappa shape index (κ2) is 7.72. The molecule has 1 N–H and O–H groups in total. The Kier molecular flexibility index (Phi) is 4.75. The summed E-state index contributed by atoms with van der Waals surface area (Å²) in [7, 11) is 1.66. The van der Waals surface area contributed by atoms with Gasteiger partial charge in [-0.25, -0.2) is 9.97 Å². The summed E-state index contributed by atoms with van der Waals surface area (Å²) in [4.78, 5) is 14.6. The Labute approximate surface area is 180 Å². The van der Waals surface area contributed by atoms with Crippen LogP contribution >= 0.6 is 0 Å². The van der Waals surface area contributed by atoms with E-state index in [1.54, 1.807) is 7.11 Å². The first-order valence-electron chi connectivity index (χ1n) is 10.2. The van der Waals surface area contributed by atoms with E-state index in [0.717, 1.165) is 39.1 Å². The molecule has 0 unspecified atom stereocenters. The van der Waals surface area contributed by atoms with Crippen LogP contribution in [0.25, 0.3) is 27.9 Å². The van der Waals surface area contributed by atoms with Crippen LogP contribution in [0.3, 0.4) is 0 Å². The molecule has 0 radical (unpaired) electrons. The Hall–Kier alpha value is -3.93. The van der Waals surface area contributed by atoms with E-state index in [2.05, 4.69) is 30.4 Å². The maximum absolute atomic E-state index is 5.62. The molecular formula is C25H23N5O. The van der Waals surface area contributed by atoms with Crippen molar-refractivity contribution in [3.8, 4) is 11.7 Å². The highest BCUT2D eigenvalue weighted by molar-refractivity contribution is 5.94. The number of imidazole rings is 1. The van der Waals surface area contributed by atoms with Crippen LogP contribution in [0.4, 0.5) is 5.82 Å². The van der Waals surface area contributed by atoms with Crippen molar-refractivity contribution in [3.63, 3.8) is 0 Å². The highest BCUT2D eigenvalue weighted by atomic mass is 16.5. The van der Waals surface area contributed by atoms with Gasteiger partial charge in [-0.3, -0.25) is 4.57 Å². The van der Waals surface area contributed by atoms with Gasteiger partial charge in [0.05, 0.1) is 18.1 Å². The number of hydrogen-bond donors (Lipinski definition) is 1. The van der Waals surface area contributed by atoms with Gasteiger partial charge < -0.3 is 10.1 Å². The average Bonchev–Trinajstić information content (AvgIpc) is 3.14. The Morgan fingerprint density at radius 2 is 1.68 bits per heavy atom. The number of anilines is 1. The maximum atomic E-state index is 5.62. The largest absolute Gasteiger partial charge is 0.494 e. The molecule has 0 aliphatic heterocycles. The number of rotatable bonds is 5. The number of aryl methyl sites for hydroxylation is 2. The lowest BCUT2D eigenvalue weighted by Crippen LogP contribution is -2.09. The highest BCUT2D eigenvalue weighted by Crippen LogP contribution is 2.31. The molecule has 0 amide bonds. The van der Waals surface area contributed by atoms with E-state index in [1.807, 2.05) is 60.0 Å². The summed E-state index contributed by atoms with van der Waals surface area (Å²) in [5.74, 6) is 2.88. The summed E-state index contributed by atoms with van der Waals surface area (Å²) >= 11 is 0. The molecule has 6 nitrogen and oxygen atoms in total. The first-order chi connectivity index (χ1) is 15.2. The zero-order valence-corrected chi connectivity index (χ0v) is 17.8. The lowest BCUT2D eigenvalue weighted by Gasteiger charge is -2.14. The van der Waals surface area contributed by atoms with Gasteiger partial charge in [0, 0.05) is 11.9 Å². The molecule has 5 rings (SSSR count). The molecule has 2 heterocycles. The van der Waals surface area contributed by atoms with Crippen molar-refractivity contribution in [1.82, 2.24) is 19.5 Å². The number of hydrogen-bond acceptors (Lipinski definition) is 5. The molecule has 0 spiro atoms. The quantitative estimate of drug-likeness (QED) is 0.432. The van der Waals surface area contributed by atoms with E-state index in [1.165, 1.54) is 5.56 Å². The molecule has 0 aliphatic rings. The van der Waals surface area contributed by atoms with Gasteiger partial charge in [-0.2, -0.15) is 4.98 Å². The number of aromatic nitrogens is 4. The third-order valence-electron chi connectivity index (χ3n) is 5.45. The summed E-state index contributed by atoms with van der Waals surface area (Å²) in [6.07, 6.45) is 0. The fourth-order valence-corrected chi connectivity index (χ4v) is 3.95. The van der Waals surface area contributed by atoms with Crippen molar-refractivity contribution in [2.45, 2.75) is 20.4 Å². The Morgan fingerprint density at radius 1 is 0.871 bits per heavy atom. The highest BCUT2D eigenvalue weighted by Gasteiger charge is 2.17. The maximum Gasteiger partial charge on any atom is 0.238 e. The van der Waals surface area contributed by atoms with Crippen molar-refractivity contribution in [2.24, 2.45) is 0 Å². The van der Waals surface area contributed by atoms with Crippen LogP contribution < -0.4 is 10.1 Å². The monoisotopic (exact) mass is 409 g/mol. The molecule has 2 aromatic heterocycles. The van der Waals surface area contributed by atoms with Gasteiger partial charge in [-0.15, -0.1) is 0 Å². The summed E-state index contributed by atoms with van der Waals surface area (Å²) < 4.78 is 7.63. The van der Waals surface area contributed by atoms with Crippen molar-refractivity contribution in [3.05, 3.63) is 83.7 Å². The average molecular weight is 409 g/mol. The van der Waals surface area contributed by atoms with Gasteiger partial charge in [-0.1, -0.05) is 48.5 Å². The van der Waals surface area contributed by atoms with Crippen LogP contribution in [0.15, 0.2) is 66.7 Å². The second-order valence-electron chi connectivity index (χ2n) is 7.50. The number of nitrogens with zero attached hydrogens (tertiary/aromatic N) is 4. The third kappa shape index (κ3) is 3.36. The van der Waals surface area contributed by atoms with Crippen molar-refractivity contribution in [2.75, 3.05) is 12.4 Å². The molecule has 0 aliphatic carbocycles. The summed E-state index contributed by atoms with van der Waals surface area (Å²) in [5.41, 5.74) is 5.02. The Balaban J connectivity index is 1.72. The molecule has 0 fully saturated rings. The summed E-state index contributed by atoms with van der Waals surface area (Å²) in [6.45, 7) is 4.72. The molecule has 6 heteroatoms. The molecule has 31 heavy (non-hydrogen) atoms. The molecule has 154 valence electrons. The standard InChI is InChI=1S/C25H23N5O/c1-16-9-7-13-20-23(16)30(17(2)27-20)25-28-22-19(12-8-14-21(22)31-3)24(29-25)26-15-18-10-5-4-6-11-18/h4-14H,15H2,1-3H3,(H,26,28,29). The van der Waals surface area contributed by atoms with Crippen LogP contribution in [-0.2, 0) is 6.54 Å². The number of fused-ring (bicyclic) bond motifs is 2. The molecule has 5 aromatic rings. The normalized spacial score (nSPS) is 11.2.